The van der Waals surface area contributed by atoms with Gasteiger partial charge in [0.1, 0.15) is 0 Å². The van der Waals surface area contributed by atoms with Crippen molar-refractivity contribution in [3.8, 4) is 0 Å². The van der Waals surface area contributed by atoms with E-state index >= 15 is 0 Å². The van der Waals surface area contributed by atoms with Gasteiger partial charge in [-0.2, -0.15) is 0 Å². The molecule has 0 radical (unpaired) electrons. The number of hydrogen-bond donors (Lipinski definition) is 1. The Labute approximate surface area is 120 Å². The second kappa shape index (κ2) is 12.2. The Morgan fingerprint density at radius 2 is 1.32 bits per heavy atom. The minimum atomic E-state index is 0.175. The maximum absolute atomic E-state index is 8.92. The van der Waals surface area contributed by atoms with Crippen LogP contribution in [0, 0.1) is 0 Å². The van der Waals surface area contributed by atoms with Gasteiger partial charge in [-0.25, -0.2) is 0 Å². The molecular formula is C18H32O. The lowest BCUT2D eigenvalue weighted by molar-refractivity contribution is 0.341. The number of allylic oxidation sites excluding steroid dienone is 5. The smallest absolute Gasteiger partial charge is 0.0615 e. The molecule has 0 aliphatic carbocycles. The Bertz CT molecular complexity index is 308. The van der Waals surface area contributed by atoms with E-state index in [-0.39, 0.29) is 6.61 Å². The molecule has 0 heterocycles. The molecule has 0 atom stereocenters. The summed E-state index contributed by atoms with van der Waals surface area (Å²) in [4.78, 5) is 0. The molecule has 1 heteroatoms. The quantitative estimate of drug-likeness (QED) is 0.511. The molecule has 0 saturated carbocycles. The minimum absolute atomic E-state index is 0.175. The van der Waals surface area contributed by atoms with Crippen molar-refractivity contribution in [2.75, 3.05) is 6.61 Å². The topological polar surface area (TPSA) is 20.2 Å². The molecule has 0 aromatic rings. The number of hydrogen-bond acceptors (Lipinski definition) is 1. The first kappa shape index (κ1) is 18.2. The monoisotopic (exact) mass is 264 g/mol. The van der Waals surface area contributed by atoms with Crippen LogP contribution in [0.15, 0.2) is 34.9 Å². The summed E-state index contributed by atoms with van der Waals surface area (Å²) >= 11 is 0. The normalized spacial score (nSPS) is 14.1. The minimum Gasteiger partial charge on any atom is -0.392 e. The molecule has 0 aromatic heterocycles. The van der Waals surface area contributed by atoms with Crippen LogP contribution in [0.3, 0.4) is 0 Å². The number of aliphatic hydroxyl groups is 1. The van der Waals surface area contributed by atoms with Gasteiger partial charge in [0.25, 0.3) is 0 Å². The SMILES string of the molecule is CC/C(C)=C/CC/C(=C/CC/C(=C/CO)CC)CC. The highest BCUT2D eigenvalue weighted by Gasteiger charge is 1.96. The van der Waals surface area contributed by atoms with Crippen molar-refractivity contribution in [1.82, 2.24) is 0 Å². The zero-order valence-corrected chi connectivity index (χ0v) is 13.3. The van der Waals surface area contributed by atoms with E-state index < -0.39 is 0 Å². The third kappa shape index (κ3) is 9.72. The largest absolute Gasteiger partial charge is 0.392 e. The standard InChI is InChI=1S/C18H32O/c1-5-16(4)10-8-11-17(6-2)12-9-13-18(7-3)14-15-19/h10,12,14,19H,5-9,11,13,15H2,1-4H3/b16-10+,17-12+,18-14+. The van der Waals surface area contributed by atoms with Crippen molar-refractivity contribution in [3.05, 3.63) is 34.9 Å². The Morgan fingerprint density at radius 3 is 1.79 bits per heavy atom. The van der Waals surface area contributed by atoms with Gasteiger partial charge >= 0.3 is 0 Å². The van der Waals surface area contributed by atoms with Crippen LogP contribution in [-0.4, -0.2) is 11.7 Å². The lowest BCUT2D eigenvalue weighted by Crippen LogP contribution is -1.87. The van der Waals surface area contributed by atoms with Gasteiger partial charge in [-0.15, -0.1) is 0 Å². The fourth-order valence-corrected chi connectivity index (χ4v) is 2.09. The number of aliphatic hydroxyl groups excluding tert-OH is 1. The molecule has 1 nitrogen and oxygen atoms in total. The molecular weight excluding hydrogens is 232 g/mol. The van der Waals surface area contributed by atoms with Crippen LogP contribution in [0.4, 0.5) is 0 Å². The van der Waals surface area contributed by atoms with Gasteiger partial charge < -0.3 is 5.11 Å². The molecule has 19 heavy (non-hydrogen) atoms. The highest BCUT2D eigenvalue weighted by molar-refractivity contribution is 5.08. The molecule has 0 bridgehead atoms. The second-order valence-electron chi connectivity index (χ2n) is 5.10. The number of rotatable bonds is 10. The summed E-state index contributed by atoms with van der Waals surface area (Å²) in [7, 11) is 0. The van der Waals surface area contributed by atoms with Crippen LogP contribution in [0.5, 0.6) is 0 Å². The fourth-order valence-electron chi connectivity index (χ4n) is 2.09. The molecule has 0 rings (SSSR count). The van der Waals surface area contributed by atoms with Crippen LogP contribution in [0.2, 0.25) is 0 Å². The predicted octanol–water partition coefficient (Wildman–Crippen LogP) is 5.57. The summed E-state index contributed by atoms with van der Waals surface area (Å²) in [6, 6.07) is 0. The summed E-state index contributed by atoms with van der Waals surface area (Å²) in [5.74, 6) is 0. The van der Waals surface area contributed by atoms with E-state index in [1.54, 1.807) is 5.57 Å². The van der Waals surface area contributed by atoms with Gasteiger partial charge in [0, 0.05) is 0 Å². The maximum Gasteiger partial charge on any atom is 0.0615 e. The van der Waals surface area contributed by atoms with E-state index in [4.69, 9.17) is 5.11 Å². The molecule has 0 aliphatic rings. The first-order valence-corrected chi connectivity index (χ1v) is 7.80. The van der Waals surface area contributed by atoms with Crippen LogP contribution in [0.25, 0.3) is 0 Å². The lowest BCUT2D eigenvalue weighted by atomic mass is 10.0. The summed E-state index contributed by atoms with van der Waals surface area (Å²) in [6.45, 7) is 9.00. The van der Waals surface area contributed by atoms with E-state index in [1.165, 1.54) is 24.0 Å². The summed E-state index contributed by atoms with van der Waals surface area (Å²) in [6.07, 6.45) is 14.7. The molecule has 0 spiro atoms. The molecule has 0 saturated heterocycles. The molecule has 1 N–H and O–H groups in total. The average Bonchev–Trinajstić information content (AvgIpc) is 2.44. The molecule has 0 aliphatic heterocycles. The van der Waals surface area contributed by atoms with Crippen LogP contribution in [-0.2, 0) is 0 Å². The van der Waals surface area contributed by atoms with Gasteiger partial charge in [-0.3, -0.25) is 0 Å². The fraction of sp³-hybridized carbons (Fsp3) is 0.667. The summed E-state index contributed by atoms with van der Waals surface area (Å²) in [5, 5.41) is 8.92. The summed E-state index contributed by atoms with van der Waals surface area (Å²) in [5.41, 5.74) is 4.44. The van der Waals surface area contributed by atoms with Gasteiger partial charge in [0.2, 0.25) is 0 Å². The Hall–Kier alpha value is -0.820. The third-order valence-electron chi connectivity index (χ3n) is 3.70. The van der Waals surface area contributed by atoms with Crippen LogP contribution >= 0.6 is 0 Å². The highest BCUT2D eigenvalue weighted by atomic mass is 16.2. The second-order valence-corrected chi connectivity index (χ2v) is 5.10. The molecule has 0 amide bonds. The van der Waals surface area contributed by atoms with E-state index in [1.807, 2.05) is 6.08 Å². The Morgan fingerprint density at radius 1 is 0.789 bits per heavy atom. The van der Waals surface area contributed by atoms with Gasteiger partial charge in [-0.1, -0.05) is 55.7 Å². The Balaban J connectivity index is 4.15. The van der Waals surface area contributed by atoms with E-state index in [0.717, 1.165) is 32.1 Å². The first-order valence-electron chi connectivity index (χ1n) is 7.80. The van der Waals surface area contributed by atoms with Gasteiger partial charge in [0.15, 0.2) is 0 Å². The van der Waals surface area contributed by atoms with Crippen molar-refractivity contribution >= 4 is 0 Å². The summed E-state index contributed by atoms with van der Waals surface area (Å²) < 4.78 is 0. The van der Waals surface area contributed by atoms with Crippen molar-refractivity contribution in [1.29, 1.82) is 0 Å². The van der Waals surface area contributed by atoms with Crippen LogP contribution < -0.4 is 0 Å². The van der Waals surface area contributed by atoms with Crippen molar-refractivity contribution in [2.45, 2.75) is 72.6 Å². The van der Waals surface area contributed by atoms with E-state index in [2.05, 4.69) is 39.8 Å². The molecule has 110 valence electrons. The van der Waals surface area contributed by atoms with Gasteiger partial charge in [-0.05, 0) is 51.9 Å². The highest BCUT2D eigenvalue weighted by Crippen LogP contribution is 2.16. The van der Waals surface area contributed by atoms with Gasteiger partial charge in [0.05, 0.1) is 6.61 Å². The third-order valence-corrected chi connectivity index (χ3v) is 3.70. The zero-order chi connectivity index (χ0) is 14.5. The molecule has 0 aromatic carbocycles. The molecule has 0 fully saturated rings. The predicted molar refractivity (Wildman–Crippen MR) is 86.3 cm³/mol. The molecule has 0 unspecified atom stereocenters. The van der Waals surface area contributed by atoms with E-state index in [0.29, 0.717) is 0 Å². The van der Waals surface area contributed by atoms with Crippen molar-refractivity contribution in [2.24, 2.45) is 0 Å². The average molecular weight is 264 g/mol. The maximum atomic E-state index is 8.92. The van der Waals surface area contributed by atoms with E-state index in [9.17, 15) is 0 Å². The first-order chi connectivity index (χ1) is 9.17. The lowest BCUT2D eigenvalue weighted by Gasteiger charge is -2.05. The van der Waals surface area contributed by atoms with Crippen LogP contribution in [0.1, 0.15) is 72.6 Å². The zero-order valence-electron chi connectivity index (χ0n) is 13.3. The Kier molecular flexibility index (Phi) is 11.7. The van der Waals surface area contributed by atoms with Crippen molar-refractivity contribution < 1.29 is 5.11 Å². The van der Waals surface area contributed by atoms with Crippen molar-refractivity contribution in [3.63, 3.8) is 0 Å².